The number of nitrogens with zero attached hydrogens (tertiary/aromatic N) is 2. The molecular formula is C17H26N2O3. The largest absolute Gasteiger partial charge is 0.492 e. The number of carbonyl (C=O) groups excluding carboxylic acids is 1. The average molecular weight is 306 g/mol. The van der Waals surface area contributed by atoms with E-state index in [0.29, 0.717) is 19.4 Å². The normalized spacial score (nSPS) is 17.3. The third-order valence-electron chi connectivity index (χ3n) is 4.70. The van der Waals surface area contributed by atoms with E-state index < -0.39 is 0 Å². The molecule has 1 aliphatic rings. The molecule has 1 fully saturated rings. The lowest BCUT2D eigenvalue weighted by Gasteiger charge is -2.40. The van der Waals surface area contributed by atoms with Gasteiger partial charge in [-0.15, -0.1) is 0 Å². The van der Waals surface area contributed by atoms with Crippen molar-refractivity contribution in [2.75, 3.05) is 26.3 Å². The summed E-state index contributed by atoms with van der Waals surface area (Å²) in [6, 6.07) is 3.69. The molecule has 0 unspecified atom stereocenters. The molecular weight excluding hydrogens is 280 g/mol. The lowest BCUT2D eigenvalue weighted by Crippen LogP contribution is -2.44. The summed E-state index contributed by atoms with van der Waals surface area (Å²) in [5.41, 5.74) is 0.0280. The van der Waals surface area contributed by atoms with Crippen LogP contribution in [0.25, 0.3) is 0 Å². The van der Waals surface area contributed by atoms with Crippen LogP contribution in [0, 0.1) is 5.41 Å². The molecule has 1 N–H and O–H groups in total. The predicted molar refractivity (Wildman–Crippen MR) is 84.6 cm³/mol. The first-order valence-corrected chi connectivity index (χ1v) is 8.10. The maximum absolute atomic E-state index is 12.2. The first-order valence-electron chi connectivity index (χ1n) is 8.10. The zero-order chi connectivity index (χ0) is 15.8. The van der Waals surface area contributed by atoms with Crippen molar-refractivity contribution in [2.45, 2.75) is 39.0 Å². The van der Waals surface area contributed by atoms with Crippen LogP contribution in [0.3, 0.4) is 0 Å². The number of aliphatic hydroxyl groups excluding tert-OH is 1. The van der Waals surface area contributed by atoms with Gasteiger partial charge in [0.05, 0.1) is 12.8 Å². The molecule has 2 heterocycles. The molecule has 122 valence electrons. The summed E-state index contributed by atoms with van der Waals surface area (Å²) in [5, 5.41) is 9.52. The highest BCUT2D eigenvalue weighted by molar-refractivity contribution is 5.76. The average Bonchev–Trinajstić information content (AvgIpc) is 2.59. The van der Waals surface area contributed by atoms with Crippen LogP contribution in [0.5, 0.6) is 5.75 Å². The molecule has 0 aromatic carbocycles. The minimum atomic E-state index is 0.0280. The monoisotopic (exact) mass is 306 g/mol. The van der Waals surface area contributed by atoms with E-state index in [4.69, 9.17) is 4.74 Å². The molecule has 0 radical (unpaired) electrons. The van der Waals surface area contributed by atoms with E-state index >= 15 is 0 Å². The topological polar surface area (TPSA) is 62.7 Å². The number of hydrogen-bond donors (Lipinski definition) is 1. The zero-order valence-electron chi connectivity index (χ0n) is 13.3. The standard InChI is InChI=1S/C17H26N2O3/c1-2-17(14-20)7-10-19(11-8-17)16(21)6-4-12-22-15-5-3-9-18-13-15/h3,5,9,13,20H,2,4,6-8,10-12,14H2,1H3. The molecule has 1 aromatic heterocycles. The molecule has 0 bridgehead atoms. The van der Waals surface area contributed by atoms with Crippen LogP contribution in [-0.4, -0.2) is 47.2 Å². The predicted octanol–water partition coefficient (Wildman–Crippen LogP) is 2.25. The van der Waals surface area contributed by atoms with E-state index in [1.807, 2.05) is 17.0 Å². The van der Waals surface area contributed by atoms with Gasteiger partial charge in [-0.2, -0.15) is 0 Å². The van der Waals surface area contributed by atoms with E-state index in [1.165, 1.54) is 0 Å². The van der Waals surface area contributed by atoms with Gasteiger partial charge in [-0.25, -0.2) is 0 Å². The summed E-state index contributed by atoms with van der Waals surface area (Å²) in [4.78, 5) is 18.1. The lowest BCUT2D eigenvalue weighted by molar-refractivity contribution is -0.134. The molecule has 1 amide bonds. The number of hydrogen-bond acceptors (Lipinski definition) is 4. The number of rotatable bonds is 7. The Balaban J connectivity index is 1.66. The molecule has 0 spiro atoms. The van der Waals surface area contributed by atoms with Crippen molar-refractivity contribution in [2.24, 2.45) is 5.41 Å². The van der Waals surface area contributed by atoms with Gasteiger partial charge in [-0.05, 0) is 43.2 Å². The van der Waals surface area contributed by atoms with E-state index in [1.54, 1.807) is 12.4 Å². The SMILES string of the molecule is CCC1(CO)CCN(C(=O)CCCOc2cccnc2)CC1. The molecule has 0 atom stereocenters. The molecule has 2 rings (SSSR count). The Labute approximate surface area is 132 Å². The van der Waals surface area contributed by atoms with Crippen molar-refractivity contribution in [3.05, 3.63) is 24.5 Å². The summed E-state index contributed by atoms with van der Waals surface area (Å²) in [6.07, 6.45) is 7.38. The fourth-order valence-electron chi connectivity index (χ4n) is 2.86. The van der Waals surface area contributed by atoms with Crippen LogP contribution in [0.2, 0.25) is 0 Å². The Hall–Kier alpha value is -1.62. The number of carbonyl (C=O) groups is 1. The van der Waals surface area contributed by atoms with Crippen LogP contribution >= 0.6 is 0 Å². The second-order valence-electron chi connectivity index (χ2n) is 6.03. The van der Waals surface area contributed by atoms with Crippen LogP contribution in [0.15, 0.2) is 24.5 Å². The number of aromatic nitrogens is 1. The Bertz CT molecular complexity index is 450. The Kier molecular flexibility index (Phi) is 6.19. The van der Waals surface area contributed by atoms with Crippen LogP contribution in [0.4, 0.5) is 0 Å². The number of piperidine rings is 1. The summed E-state index contributed by atoms with van der Waals surface area (Å²) >= 11 is 0. The van der Waals surface area contributed by atoms with Gasteiger partial charge in [0.25, 0.3) is 0 Å². The molecule has 5 nitrogen and oxygen atoms in total. The first-order chi connectivity index (χ1) is 10.7. The lowest BCUT2D eigenvalue weighted by atomic mass is 9.77. The van der Waals surface area contributed by atoms with Gasteiger partial charge in [0.2, 0.25) is 5.91 Å². The molecule has 1 aliphatic heterocycles. The highest BCUT2D eigenvalue weighted by atomic mass is 16.5. The molecule has 5 heteroatoms. The number of ether oxygens (including phenoxy) is 1. The fourth-order valence-corrected chi connectivity index (χ4v) is 2.86. The smallest absolute Gasteiger partial charge is 0.222 e. The summed E-state index contributed by atoms with van der Waals surface area (Å²) in [6.45, 7) is 4.39. The van der Waals surface area contributed by atoms with E-state index in [9.17, 15) is 9.90 Å². The minimum Gasteiger partial charge on any atom is -0.492 e. The van der Waals surface area contributed by atoms with Crippen LogP contribution < -0.4 is 4.74 Å². The number of amides is 1. The van der Waals surface area contributed by atoms with Crippen molar-refractivity contribution in [3.8, 4) is 5.75 Å². The zero-order valence-corrected chi connectivity index (χ0v) is 13.3. The summed E-state index contributed by atoms with van der Waals surface area (Å²) in [7, 11) is 0. The van der Waals surface area contributed by atoms with Gasteiger partial charge >= 0.3 is 0 Å². The number of aliphatic hydroxyl groups is 1. The van der Waals surface area contributed by atoms with Gasteiger partial charge in [0, 0.05) is 32.3 Å². The molecule has 1 saturated heterocycles. The Morgan fingerprint density at radius 1 is 1.45 bits per heavy atom. The van der Waals surface area contributed by atoms with Crippen molar-refractivity contribution < 1.29 is 14.6 Å². The van der Waals surface area contributed by atoms with Gasteiger partial charge in [-0.3, -0.25) is 9.78 Å². The second kappa shape index (κ2) is 8.13. The molecule has 0 saturated carbocycles. The van der Waals surface area contributed by atoms with Crippen molar-refractivity contribution in [1.82, 2.24) is 9.88 Å². The molecule has 22 heavy (non-hydrogen) atoms. The van der Waals surface area contributed by atoms with Crippen molar-refractivity contribution >= 4 is 5.91 Å². The third-order valence-corrected chi connectivity index (χ3v) is 4.70. The maximum atomic E-state index is 12.2. The number of likely N-dealkylation sites (tertiary alicyclic amines) is 1. The van der Waals surface area contributed by atoms with Crippen molar-refractivity contribution in [1.29, 1.82) is 0 Å². The minimum absolute atomic E-state index is 0.0280. The Morgan fingerprint density at radius 3 is 2.82 bits per heavy atom. The summed E-state index contributed by atoms with van der Waals surface area (Å²) in [5.74, 6) is 0.932. The third kappa shape index (κ3) is 4.44. The van der Waals surface area contributed by atoms with Crippen LogP contribution in [-0.2, 0) is 4.79 Å². The fraction of sp³-hybridized carbons (Fsp3) is 0.647. The summed E-state index contributed by atoms with van der Waals surface area (Å²) < 4.78 is 5.55. The highest BCUT2D eigenvalue weighted by Crippen LogP contribution is 2.34. The van der Waals surface area contributed by atoms with Crippen LogP contribution in [0.1, 0.15) is 39.0 Å². The van der Waals surface area contributed by atoms with Gasteiger partial charge < -0.3 is 14.7 Å². The quantitative estimate of drug-likeness (QED) is 0.785. The van der Waals surface area contributed by atoms with E-state index in [-0.39, 0.29) is 17.9 Å². The first kappa shape index (κ1) is 16.7. The molecule has 0 aliphatic carbocycles. The van der Waals surface area contributed by atoms with Gasteiger partial charge in [-0.1, -0.05) is 6.92 Å². The number of pyridine rings is 1. The van der Waals surface area contributed by atoms with E-state index in [2.05, 4.69) is 11.9 Å². The van der Waals surface area contributed by atoms with E-state index in [0.717, 1.165) is 38.1 Å². The maximum Gasteiger partial charge on any atom is 0.222 e. The van der Waals surface area contributed by atoms with Gasteiger partial charge in [0.15, 0.2) is 0 Å². The molecule has 1 aromatic rings. The Morgan fingerprint density at radius 2 is 2.23 bits per heavy atom. The van der Waals surface area contributed by atoms with Gasteiger partial charge in [0.1, 0.15) is 5.75 Å². The highest BCUT2D eigenvalue weighted by Gasteiger charge is 2.33. The second-order valence-corrected chi connectivity index (χ2v) is 6.03. The van der Waals surface area contributed by atoms with Crippen molar-refractivity contribution in [3.63, 3.8) is 0 Å².